The van der Waals surface area contributed by atoms with Crippen LogP contribution in [-0.4, -0.2) is 45.4 Å². The topological polar surface area (TPSA) is 87.5 Å². The number of carboxylic acid groups (broad SMARTS) is 1. The Hall–Kier alpha value is -2.05. The van der Waals surface area contributed by atoms with E-state index in [4.69, 9.17) is 5.11 Å². The maximum atomic E-state index is 11.9. The Morgan fingerprint density at radius 3 is 2.50 bits per heavy atom. The van der Waals surface area contributed by atoms with Crippen molar-refractivity contribution in [3.8, 4) is 0 Å². The molecule has 0 fully saturated rings. The second-order valence-electron chi connectivity index (χ2n) is 5.05. The summed E-state index contributed by atoms with van der Waals surface area (Å²) in [5.74, 6) is -1.50. The first-order valence-corrected chi connectivity index (χ1v) is 6.44. The number of hydrogen-bond donors (Lipinski definition) is 2. The van der Waals surface area contributed by atoms with E-state index in [1.165, 1.54) is 4.90 Å². The van der Waals surface area contributed by atoms with E-state index in [-0.39, 0.29) is 12.6 Å². The molecule has 0 saturated carbocycles. The molecule has 0 aromatic carbocycles. The third-order valence-corrected chi connectivity index (χ3v) is 3.39. The van der Waals surface area contributed by atoms with Crippen molar-refractivity contribution < 1.29 is 14.7 Å². The average molecular weight is 282 g/mol. The molecule has 1 unspecified atom stereocenters. The van der Waals surface area contributed by atoms with Gasteiger partial charge in [0, 0.05) is 38.4 Å². The van der Waals surface area contributed by atoms with Gasteiger partial charge in [-0.05, 0) is 13.8 Å². The molecule has 0 aliphatic heterocycles. The molecule has 7 nitrogen and oxygen atoms in total. The zero-order valence-electron chi connectivity index (χ0n) is 12.6. The summed E-state index contributed by atoms with van der Waals surface area (Å²) in [6, 6.07) is -0.291. The van der Waals surface area contributed by atoms with E-state index in [0.717, 1.165) is 17.0 Å². The molecule has 2 amide bonds. The van der Waals surface area contributed by atoms with Gasteiger partial charge in [-0.3, -0.25) is 9.48 Å². The lowest BCUT2D eigenvalue weighted by Gasteiger charge is -2.20. The molecule has 0 aliphatic rings. The minimum atomic E-state index is -0.913. The minimum absolute atomic E-state index is 0.173. The molecule has 1 atom stereocenters. The Bertz CT molecular complexity index is 510. The summed E-state index contributed by atoms with van der Waals surface area (Å²) in [5.41, 5.74) is 2.87. The predicted octanol–water partition coefficient (Wildman–Crippen LogP) is 0.899. The van der Waals surface area contributed by atoms with Gasteiger partial charge in [0.05, 0.1) is 11.6 Å². The molecule has 1 rings (SSSR count). The van der Waals surface area contributed by atoms with Gasteiger partial charge in [-0.1, -0.05) is 6.92 Å². The summed E-state index contributed by atoms with van der Waals surface area (Å²) in [4.78, 5) is 24.0. The van der Waals surface area contributed by atoms with Crippen molar-refractivity contribution in [2.75, 3.05) is 13.6 Å². The van der Waals surface area contributed by atoms with Crippen LogP contribution in [0.5, 0.6) is 0 Å². The highest BCUT2D eigenvalue weighted by molar-refractivity contribution is 5.75. The fraction of sp³-hybridized carbons (Fsp3) is 0.615. The monoisotopic (exact) mass is 282 g/mol. The molecule has 0 aliphatic carbocycles. The first-order chi connectivity index (χ1) is 9.23. The number of aliphatic carboxylic acids is 1. The number of aryl methyl sites for hydroxylation is 2. The smallest absolute Gasteiger partial charge is 0.317 e. The van der Waals surface area contributed by atoms with Gasteiger partial charge in [-0.2, -0.15) is 5.10 Å². The van der Waals surface area contributed by atoms with Gasteiger partial charge in [-0.15, -0.1) is 0 Å². The van der Waals surface area contributed by atoms with E-state index >= 15 is 0 Å². The van der Waals surface area contributed by atoms with E-state index in [2.05, 4.69) is 10.4 Å². The van der Waals surface area contributed by atoms with E-state index in [9.17, 15) is 9.59 Å². The van der Waals surface area contributed by atoms with Gasteiger partial charge in [0.25, 0.3) is 0 Å². The standard InChI is InChI=1S/C13H22N4O3/c1-8(12(18)19)7-16(4)13(20)14-6-11-9(2)15-17(5)10(11)3/h8H,6-7H2,1-5H3,(H,14,20)(H,18,19). The van der Waals surface area contributed by atoms with Crippen LogP contribution in [0.1, 0.15) is 23.9 Å². The summed E-state index contributed by atoms with van der Waals surface area (Å²) >= 11 is 0. The summed E-state index contributed by atoms with van der Waals surface area (Å²) in [6.45, 7) is 5.96. The number of carbonyl (C=O) groups is 2. The third kappa shape index (κ3) is 3.72. The molecular formula is C13H22N4O3. The van der Waals surface area contributed by atoms with Crippen LogP contribution < -0.4 is 5.32 Å². The van der Waals surface area contributed by atoms with Crippen molar-refractivity contribution in [1.29, 1.82) is 0 Å². The second kappa shape index (κ2) is 6.40. The van der Waals surface area contributed by atoms with Crippen molar-refractivity contribution in [3.63, 3.8) is 0 Å². The molecule has 20 heavy (non-hydrogen) atoms. The lowest BCUT2D eigenvalue weighted by atomic mass is 10.2. The Morgan fingerprint density at radius 1 is 1.45 bits per heavy atom. The molecule has 7 heteroatoms. The Balaban J connectivity index is 2.57. The van der Waals surface area contributed by atoms with Gasteiger partial charge < -0.3 is 15.3 Å². The Labute approximate surface area is 118 Å². The number of rotatable bonds is 5. The van der Waals surface area contributed by atoms with Gasteiger partial charge in [0.2, 0.25) is 0 Å². The van der Waals surface area contributed by atoms with Gasteiger partial charge in [0.15, 0.2) is 0 Å². The lowest BCUT2D eigenvalue weighted by molar-refractivity contribution is -0.141. The molecule has 1 aromatic rings. The zero-order chi connectivity index (χ0) is 15.4. The lowest BCUT2D eigenvalue weighted by Crippen LogP contribution is -2.40. The fourth-order valence-electron chi connectivity index (χ4n) is 1.94. The van der Waals surface area contributed by atoms with Crippen LogP contribution in [0.2, 0.25) is 0 Å². The molecular weight excluding hydrogens is 260 g/mol. The van der Waals surface area contributed by atoms with E-state index < -0.39 is 11.9 Å². The highest BCUT2D eigenvalue weighted by Gasteiger charge is 2.18. The maximum Gasteiger partial charge on any atom is 0.317 e. The van der Waals surface area contributed by atoms with Crippen LogP contribution in [0.4, 0.5) is 4.79 Å². The largest absolute Gasteiger partial charge is 0.481 e. The highest BCUT2D eigenvalue weighted by atomic mass is 16.4. The minimum Gasteiger partial charge on any atom is -0.481 e. The van der Waals surface area contributed by atoms with Crippen LogP contribution in [0.25, 0.3) is 0 Å². The Kier molecular flexibility index (Phi) is 5.12. The zero-order valence-corrected chi connectivity index (χ0v) is 12.6. The van der Waals surface area contributed by atoms with Crippen molar-refractivity contribution in [3.05, 3.63) is 17.0 Å². The van der Waals surface area contributed by atoms with Crippen LogP contribution >= 0.6 is 0 Å². The summed E-state index contributed by atoms with van der Waals surface area (Å²) in [5, 5.41) is 15.9. The first kappa shape index (κ1) is 16.0. The van der Waals surface area contributed by atoms with E-state index in [1.807, 2.05) is 20.9 Å². The third-order valence-electron chi connectivity index (χ3n) is 3.39. The predicted molar refractivity (Wildman–Crippen MR) is 74.3 cm³/mol. The van der Waals surface area contributed by atoms with Crippen molar-refractivity contribution in [1.82, 2.24) is 20.0 Å². The maximum absolute atomic E-state index is 11.9. The van der Waals surface area contributed by atoms with Crippen molar-refractivity contribution in [2.24, 2.45) is 13.0 Å². The van der Waals surface area contributed by atoms with E-state index in [0.29, 0.717) is 6.54 Å². The summed E-state index contributed by atoms with van der Waals surface area (Å²) < 4.78 is 1.77. The number of carbonyl (C=O) groups excluding carboxylic acids is 1. The number of nitrogens with one attached hydrogen (secondary N) is 1. The van der Waals surface area contributed by atoms with Crippen LogP contribution in [0, 0.1) is 19.8 Å². The fourth-order valence-corrected chi connectivity index (χ4v) is 1.94. The number of carboxylic acids is 1. The number of urea groups is 1. The molecule has 0 bridgehead atoms. The van der Waals surface area contributed by atoms with Crippen LogP contribution in [0.3, 0.4) is 0 Å². The molecule has 1 aromatic heterocycles. The molecule has 0 saturated heterocycles. The van der Waals surface area contributed by atoms with Gasteiger partial charge >= 0.3 is 12.0 Å². The first-order valence-electron chi connectivity index (χ1n) is 6.44. The van der Waals surface area contributed by atoms with Crippen LogP contribution in [0.15, 0.2) is 0 Å². The number of amides is 2. The molecule has 1 heterocycles. The molecule has 0 radical (unpaired) electrons. The SMILES string of the molecule is Cc1nn(C)c(C)c1CNC(=O)N(C)CC(C)C(=O)O. The summed E-state index contributed by atoms with van der Waals surface area (Å²) in [7, 11) is 3.44. The van der Waals surface area contributed by atoms with Crippen molar-refractivity contribution in [2.45, 2.75) is 27.3 Å². The average Bonchev–Trinajstić information content (AvgIpc) is 2.60. The number of aromatic nitrogens is 2. The number of nitrogens with zero attached hydrogens (tertiary/aromatic N) is 3. The van der Waals surface area contributed by atoms with E-state index in [1.54, 1.807) is 18.7 Å². The molecule has 2 N–H and O–H groups in total. The highest BCUT2D eigenvalue weighted by Crippen LogP contribution is 2.11. The molecule has 0 spiro atoms. The van der Waals surface area contributed by atoms with Gasteiger partial charge in [0.1, 0.15) is 0 Å². The van der Waals surface area contributed by atoms with Gasteiger partial charge in [-0.25, -0.2) is 4.79 Å². The normalized spacial score (nSPS) is 12.1. The summed E-state index contributed by atoms with van der Waals surface area (Å²) in [6.07, 6.45) is 0. The second-order valence-corrected chi connectivity index (χ2v) is 5.05. The van der Waals surface area contributed by atoms with Crippen molar-refractivity contribution >= 4 is 12.0 Å². The Morgan fingerprint density at radius 2 is 2.05 bits per heavy atom. The van der Waals surface area contributed by atoms with Crippen LogP contribution in [-0.2, 0) is 18.4 Å². The molecule has 112 valence electrons. The quantitative estimate of drug-likeness (QED) is 0.840. The number of hydrogen-bond acceptors (Lipinski definition) is 3.